The van der Waals surface area contributed by atoms with Gasteiger partial charge in [0, 0.05) is 11.4 Å². The van der Waals surface area contributed by atoms with Crippen LogP contribution in [0.2, 0.25) is 0 Å². The fourth-order valence-electron chi connectivity index (χ4n) is 5.01. The van der Waals surface area contributed by atoms with Crippen LogP contribution in [-0.4, -0.2) is 45.8 Å². The van der Waals surface area contributed by atoms with E-state index in [1.54, 1.807) is 18.1 Å². The number of hydrogen-bond donors (Lipinski definition) is 2. The van der Waals surface area contributed by atoms with Crippen LogP contribution in [-0.2, 0) is 6.54 Å². The Bertz CT molecular complexity index is 1160. The lowest BCUT2D eigenvalue weighted by Gasteiger charge is -2.29. The van der Waals surface area contributed by atoms with Gasteiger partial charge in [-0.25, -0.2) is 15.0 Å². The molecule has 0 bridgehead atoms. The fraction of sp³-hybridized carbons (Fsp3) is 0.542. The van der Waals surface area contributed by atoms with Crippen molar-refractivity contribution in [2.75, 3.05) is 32.0 Å². The number of nitrogen functional groups attached to an aromatic ring is 1. The molecule has 1 aromatic carbocycles. The van der Waals surface area contributed by atoms with E-state index in [9.17, 15) is 0 Å². The molecular weight excluding hydrogens is 436 g/mol. The van der Waals surface area contributed by atoms with Crippen LogP contribution in [0.3, 0.4) is 0 Å². The maximum atomic E-state index is 6.19. The highest BCUT2D eigenvalue weighted by Crippen LogP contribution is 2.47. The summed E-state index contributed by atoms with van der Waals surface area (Å²) in [6.45, 7) is 4.28. The van der Waals surface area contributed by atoms with Crippen molar-refractivity contribution in [2.45, 2.75) is 61.0 Å². The van der Waals surface area contributed by atoms with Crippen molar-refractivity contribution >= 4 is 28.7 Å². The zero-order valence-corrected chi connectivity index (χ0v) is 19.6. The summed E-state index contributed by atoms with van der Waals surface area (Å²) in [6, 6.07) is 4.33. The van der Waals surface area contributed by atoms with Gasteiger partial charge in [-0.3, -0.25) is 0 Å². The van der Waals surface area contributed by atoms with Crippen molar-refractivity contribution in [1.29, 1.82) is 0 Å². The van der Waals surface area contributed by atoms with Crippen molar-refractivity contribution < 1.29 is 9.47 Å². The molecule has 1 aliphatic carbocycles. The van der Waals surface area contributed by atoms with Gasteiger partial charge in [-0.1, -0.05) is 18.2 Å². The van der Waals surface area contributed by atoms with Crippen LogP contribution in [0.1, 0.15) is 50.0 Å². The lowest BCUT2D eigenvalue weighted by molar-refractivity contribution is 0.170. The number of nitrogens with one attached hydrogen (secondary N) is 1. The summed E-state index contributed by atoms with van der Waals surface area (Å²) >= 11 is 1.69. The van der Waals surface area contributed by atoms with Crippen LogP contribution >= 0.6 is 11.8 Å². The molecule has 0 unspecified atom stereocenters. The van der Waals surface area contributed by atoms with Gasteiger partial charge in [-0.05, 0) is 74.7 Å². The SMILES string of the molecule is Nc1ncnc2c1nc(Sc1cc3c(cc1C1CCC1)OCCO3)n2CCC1CCNCC1. The zero-order valence-electron chi connectivity index (χ0n) is 18.8. The molecule has 4 heterocycles. The van der Waals surface area contributed by atoms with Crippen molar-refractivity contribution in [3.8, 4) is 11.5 Å². The molecule has 8 nitrogen and oxygen atoms in total. The first-order valence-electron chi connectivity index (χ1n) is 12.0. The average molecular weight is 467 g/mol. The number of aryl methyl sites for hydroxylation is 1. The normalized spacial score (nSPS) is 19.0. The Morgan fingerprint density at radius 3 is 2.61 bits per heavy atom. The smallest absolute Gasteiger partial charge is 0.175 e. The number of fused-ring (bicyclic) bond motifs is 2. The predicted molar refractivity (Wildman–Crippen MR) is 128 cm³/mol. The van der Waals surface area contributed by atoms with E-state index in [0.717, 1.165) is 54.3 Å². The second kappa shape index (κ2) is 9.02. The third-order valence-corrected chi connectivity index (χ3v) is 8.23. The molecule has 3 aliphatic rings. The molecule has 2 fully saturated rings. The molecule has 0 amide bonds. The predicted octanol–water partition coefficient (Wildman–Crippen LogP) is 3.99. The third-order valence-electron chi connectivity index (χ3n) is 7.17. The first-order chi connectivity index (χ1) is 16.3. The summed E-state index contributed by atoms with van der Waals surface area (Å²) in [5.41, 5.74) is 9.04. The van der Waals surface area contributed by atoms with Gasteiger partial charge in [0.25, 0.3) is 0 Å². The molecule has 3 N–H and O–H groups in total. The van der Waals surface area contributed by atoms with Gasteiger partial charge in [-0.15, -0.1) is 0 Å². The summed E-state index contributed by atoms with van der Waals surface area (Å²) in [5.74, 6) is 3.41. The highest BCUT2D eigenvalue weighted by Gasteiger charge is 2.27. The Hall–Kier alpha value is -2.52. The molecule has 2 aliphatic heterocycles. The molecule has 1 saturated heterocycles. The van der Waals surface area contributed by atoms with E-state index in [4.69, 9.17) is 20.2 Å². The molecule has 1 saturated carbocycles. The molecule has 0 atom stereocenters. The molecule has 3 aromatic rings. The standard InChI is InChI=1S/C24H30N6O2S/c25-22-21-23(28-14-27-22)30(9-6-15-4-7-26-8-5-15)24(29-21)33-20-13-19-18(31-10-11-32-19)12-17(20)16-2-1-3-16/h12-16,26H,1-11H2,(H2,25,27,28). The number of nitrogens with two attached hydrogens (primary N) is 1. The maximum absolute atomic E-state index is 6.19. The number of imidazole rings is 1. The van der Waals surface area contributed by atoms with Crippen LogP contribution < -0.4 is 20.5 Å². The monoisotopic (exact) mass is 466 g/mol. The van der Waals surface area contributed by atoms with Crippen molar-refractivity contribution in [1.82, 2.24) is 24.8 Å². The third kappa shape index (κ3) is 4.12. The fourth-order valence-corrected chi connectivity index (χ4v) is 6.14. The lowest BCUT2D eigenvalue weighted by Crippen LogP contribution is -2.28. The molecule has 33 heavy (non-hydrogen) atoms. The number of rotatable bonds is 6. The van der Waals surface area contributed by atoms with Gasteiger partial charge in [0.15, 0.2) is 33.6 Å². The van der Waals surface area contributed by atoms with Gasteiger partial charge in [0.1, 0.15) is 19.5 Å². The van der Waals surface area contributed by atoms with Crippen molar-refractivity contribution in [2.24, 2.45) is 5.92 Å². The number of hydrogen-bond acceptors (Lipinski definition) is 8. The van der Waals surface area contributed by atoms with Crippen LogP contribution in [0, 0.1) is 5.92 Å². The minimum atomic E-state index is 0.434. The van der Waals surface area contributed by atoms with E-state index in [-0.39, 0.29) is 0 Å². The zero-order chi connectivity index (χ0) is 22.2. The molecule has 6 rings (SSSR count). The molecule has 0 spiro atoms. The number of ether oxygens (including phenoxy) is 2. The number of nitrogens with zero attached hydrogens (tertiary/aromatic N) is 4. The van der Waals surface area contributed by atoms with Crippen LogP contribution in [0.25, 0.3) is 11.2 Å². The summed E-state index contributed by atoms with van der Waals surface area (Å²) in [6.07, 6.45) is 8.82. The first-order valence-corrected chi connectivity index (χ1v) is 12.9. The van der Waals surface area contributed by atoms with E-state index in [0.29, 0.717) is 30.5 Å². The summed E-state index contributed by atoms with van der Waals surface area (Å²) in [7, 11) is 0. The molecular formula is C24H30N6O2S. The quantitative estimate of drug-likeness (QED) is 0.563. The number of piperidine rings is 1. The number of anilines is 1. The van der Waals surface area contributed by atoms with E-state index in [1.807, 2.05) is 0 Å². The van der Waals surface area contributed by atoms with Gasteiger partial charge in [0.05, 0.1) is 0 Å². The van der Waals surface area contributed by atoms with Gasteiger partial charge in [-0.2, -0.15) is 0 Å². The van der Waals surface area contributed by atoms with Crippen LogP contribution in [0.4, 0.5) is 5.82 Å². The Morgan fingerprint density at radius 1 is 1.06 bits per heavy atom. The maximum Gasteiger partial charge on any atom is 0.175 e. The number of benzene rings is 1. The largest absolute Gasteiger partial charge is 0.486 e. The Kier molecular flexibility index (Phi) is 5.75. The average Bonchev–Trinajstić information content (AvgIpc) is 3.16. The van der Waals surface area contributed by atoms with Gasteiger partial charge >= 0.3 is 0 Å². The highest BCUT2D eigenvalue weighted by molar-refractivity contribution is 7.99. The Balaban J connectivity index is 1.37. The summed E-state index contributed by atoms with van der Waals surface area (Å²) in [4.78, 5) is 14.9. The van der Waals surface area contributed by atoms with Crippen LogP contribution in [0.15, 0.2) is 28.5 Å². The summed E-state index contributed by atoms with van der Waals surface area (Å²) in [5, 5.41) is 4.38. The number of aromatic nitrogens is 4. The van der Waals surface area contributed by atoms with Crippen molar-refractivity contribution in [3.63, 3.8) is 0 Å². The lowest BCUT2D eigenvalue weighted by atomic mass is 9.80. The van der Waals surface area contributed by atoms with E-state index < -0.39 is 0 Å². The van der Waals surface area contributed by atoms with Crippen molar-refractivity contribution in [3.05, 3.63) is 24.0 Å². The topological polar surface area (TPSA) is 100 Å². The minimum absolute atomic E-state index is 0.434. The Labute approximate surface area is 197 Å². The van der Waals surface area contributed by atoms with Crippen LogP contribution in [0.5, 0.6) is 11.5 Å². The van der Waals surface area contributed by atoms with E-state index >= 15 is 0 Å². The first kappa shape index (κ1) is 21.0. The van der Waals surface area contributed by atoms with Gasteiger partial charge in [0.2, 0.25) is 0 Å². The minimum Gasteiger partial charge on any atom is -0.486 e. The second-order valence-electron chi connectivity index (χ2n) is 9.22. The molecule has 2 aromatic heterocycles. The van der Waals surface area contributed by atoms with Gasteiger partial charge < -0.3 is 25.1 Å². The molecule has 0 radical (unpaired) electrons. The molecule has 9 heteroatoms. The molecule has 174 valence electrons. The van der Waals surface area contributed by atoms with E-state index in [1.165, 1.54) is 42.6 Å². The Morgan fingerprint density at radius 2 is 1.85 bits per heavy atom. The summed E-state index contributed by atoms with van der Waals surface area (Å²) < 4.78 is 14.0. The van der Waals surface area contributed by atoms with E-state index in [2.05, 4.69) is 32.0 Å². The second-order valence-corrected chi connectivity index (χ2v) is 10.2. The highest BCUT2D eigenvalue weighted by atomic mass is 32.2.